The molecule has 3 N–H and O–H groups in total. The molecule has 0 radical (unpaired) electrons. The highest BCUT2D eigenvalue weighted by Gasteiger charge is 2.30. The monoisotopic (exact) mass is 234 g/mol. The van der Waals surface area contributed by atoms with Gasteiger partial charge in [0.1, 0.15) is 0 Å². The van der Waals surface area contributed by atoms with E-state index in [0.29, 0.717) is 25.2 Å². The summed E-state index contributed by atoms with van der Waals surface area (Å²) >= 11 is 0. The Balaban J connectivity index is 1.96. The van der Waals surface area contributed by atoms with E-state index in [4.69, 9.17) is 10.8 Å². The lowest BCUT2D eigenvalue weighted by Crippen LogP contribution is -2.51. The van der Waals surface area contributed by atoms with E-state index in [1.165, 1.54) is 0 Å². The summed E-state index contributed by atoms with van der Waals surface area (Å²) in [5, 5.41) is 8.90. The van der Waals surface area contributed by atoms with Crippen molar-refractivity contribution in [2.45, 2.75) is 6.42 Å². The maximum Gasteiger partial charge on any atom is 0.253 e. The molecule has 4 heteroatoms. The summed E-state index contributed by atoms with van der Waals surface area (Å²) in [7, 11) is 0. The molecule has 1 heterocycles. The predicted molar refractivity (Wildman–Crippen MR) is 65.7 cm³/mol. The summed E-state index contributed by atoms with van der Waals surface area (Å²) in [5.74, 6) is 0.310. The number of hydrogen-bond acceptors (Lipinski definition) is 3. The molecule has 1 aromatic carbocycles. The molecule has 4 nitrogen and oxygen atoms in total. The van der Waals surface area contributed by atoms with Gasteiger partial charge in [-0.05, 0) is 30.7 Å². The Morgan fingerprint density at radius 1 is 1.35 bits per heavy atom. The van der Waals surface area contributed by atoms with Crippen LogP contribution in [0, 0.1) is 5.92 Å². The van der Waals surface area contributed by atoms with Crippen molar-refractivity contribution in [3.63, 3.8) is 0 Å². The Hall–Kier alpha value is -1.39. The summed E-state index contributed by atoms with van der Waals surface area (Å²) in [6.07, 6.45) is 0.838. The average Bonchev–Trinajstić information content (AvgIpc) is 2.29. The van der Waals surface area contributed by atoms with Gasteiger partial charge in [0.2, 0.25) is 0 Å². The van der Waals surface area contributed by atoms with Crippen molar-refractivity contribution < 1.29 is 9.90 Å². The SMILES string of the molecule is NCCc1ccc(C(=O)N2CC(CO)C2)cc1. The highest BCUT2D eigenvalue weighted by atomic mass is 16.3. The summed E-state index contributed by atoms with van der Waals surface area (Å²) in [4.78, 5) is 13.7. The zero-order valence-electron chi connectivity index (χ0n) is 9.80. The first kappa shape index (κ1) is 12.1. The lowest BCUT2D eigenvalue weighted by atomic mass is 9.99. The van der Waals surface area contributed by atoms with Gasteiger partial charge in [0.25, 0.3) is 5.91 Å². The maximum absolute atomic E-state index is 12.0. The molecule has 0 aliphatic carbocycles. The van der Waals surface area contributed by atoms with Crippen molar-refractivity contribution in [2.75, 3.05) is 26.2 Å². The van der Waals surface area contributed by atoms with Crippen LogP contribution in [-0.2, 0) is 6.42 Å². The Kier molecular flexibility index (Phi) is 3.76. The Bertz CT molecular complexity index is 383. The van der Waals surface area contributed by atoms with Crippen LogP contribution >= 0.6 is 0 Å². The first-order valence-corrected chi connectivity index (χ1v) is 5.93. The van der Waals surface area contributed by atoms with Crippen LogP contribution in [-0.4, -0.2) is 42.2 Å². The van der Waals surface area contributed by atoms with E-state index in [0.717, 1.165) is 12.0 Å². The highest BCUT2D eigenvalue weighted by Crippen LogP contribution is 2.18. The van der Waals surface area contributed by atoms with Crippen molar-refractivity contribution in [2.24, 2.45) is 11.7 Å². The number of hydrogen-bond donors (Lipinski definition) is 2. The molecule has 1 aliphatic heterocycles. The number of aliphatic hydroxyl groups is 1. The molecule has 0 unspecified atom stereocenters. The van der Waals surface area contributed by atoms with Gasteiger partial charge in [0.05, 0.1) is 0 Å². The van der Waals surface area contributed by atoms with Gasteiger partial charge < -0.3 is 15.7 Å². The van der Waals surface area contributed by atoms with Gasteiger partial charge in [0, 0.05) is 31.2 Å². The van der Waals surface area contributed by atoms with Crippen LogP contribution in [0.1, 0.15) is 15.9 Å². The Morgan fingerprint density at radius 3 is 2.53 bits per heavy atom. The summed E-state index contributed by atoms with van der Waals surface area (Å²) in [6, 6.07) is 7.59. The normalized spacial score (nSPS) is 15.8. The third-order valence-corrected chi connectivity index (χ3v) is 3.14. The molecule has 0 saturated carbocycles. The summed E-state index contributed by atoms with van der Waals surface area (Å²) in [5.41, 5.74) is 7.33. The fraction of sp³-hybridized carbons (Fsp3) is 0.462. The molecule has 0 atom stereocenters. The van der Waals surface area contributed by atoms with Gasteiger partial charge in [-0.15, -0.1) is 0 Å². The molecule has 0 aromatic heterocycles. The van der Waals surface area contributed by atoms with Gasteiger partial charge in [-0.1, -0.05) is 12.1 Å². The molecular weight excluding hydrogens is 216 g/mol. The third kappa shape index (κ3) is 2.65. The van der Waals surface area contributed by atoms with Crippen molar-refractivity contribution in [1.29, 1.82) is 0 Å². The van der Waals surface area contributed by atoms with E-state index in [9.17, 15) is 4.79 Å². The Labute approximate surface area is 101 Å². The number of likely N-dealkylation sites (tertiary alicyclic amines) is 1. The second-order valence-corrected chi connectivity index (χ2v) is 4.49. The lowest BCUT2D eigenvalue weighted by Gasteiger charge is -2.38. The van der Waals surface area contributed by atoms with Gasteiger partial charge >= 0.3 is 0 Å². The largest absolute Gasteiger partial charge is 0.396 e. The fourth-order valence-corrected chi connectivity index (χ4v) is 2.01. The smallest absolute Gasteiger partial charge is 0.253 e. The molecule has 1 aromatic rings. The molecule has 1 saturated heterocycles. The molecule has 92 valence electrons. The standard InChI is InChI=1S/C13H18N2O2/c14-6-5-10-1-3-12(4-2-10)13(17)15-7-11(8-15)9-16/h1-4,11,16H,5-9,14H2. The molecule has 0 bridgehead atoms. The van der Waals surface area contributed by atoms with Gasteiger partial charge in [-0.25, -0.2) is 0 Å². The highest BCUT2D eigenvalue weighted by molar-refractivity contribution is 5.94. The fourth-order valence-electron chi connectivity index (χ4n) is 2.01. The first-order chi connectivity index (χ1) is 8.24. The van der Waals surface area contributed by atoms with E-state index in [1.54, 1.807) is 4.90 Å². The van der Waals surface area contributed by atoms with Crippen LogP contribution in [0.5, 0.6) is 0 Å². The molecule has 1 aliphatic rings. The minimum Gasteiger partial charge on any atom is -0.396 e. The number of carbonyl (C=O) groups excluding carboxylic acids is 1. The van der Waals surface area contributed by atoms with E-state index in [-0.39, 0.29) is 18.4 Å². The number of aliphatic hydroxyl groups excluding tert-OH is 1. The van der Waals surface area contributed by atoms with Gasteiger partial charge in [0.15, 0.2) is 0 Å². The second-order valence-electron chi connectivity index (χ2n) is 4.49. The predicted octanol–water partition coefficient (Wildman–Crippen LogP) is 0.252. The van der Waals surface area contributed by atoms with Crippen LogP contribution in [0.2, 0.25) is 0 Å². The number of rotatable bonds is 4. The number of benzene rings is 1. The zero-order chi connectivity index (χ0) is 12.3. The number of amides is 1. The minimum atomic E-state index is 0.0500. The summed E-state index contributed by atoms with van der Waals surface area (Å²) in [6.45, 7) is 2.12. The van der Waals surface area contributed by atoms with Gasteiger partial charge in [-0.2, -0.15) is 0 Å². The van der Waals surface area contributed by atoms with E-state index >= 15 is 0 Å². The minimum absolute atomic E-state index is 0.0500. The third-order valence-electron chi connectivity index (χ3n) is 3.14. The van der Waals surface area contributed by atoms with Gasteiger partial charge in [-0.3, -0.25) is 4.79 Å². The van der Waals surface area contributed by atoms with E-state index in [2.05, 4.69) is 0 Å². The Morgan fingerprint density at radius 2 is 2.00 bits per heavy atom. The molecule has 1 amide bonds. The molecule has 2 rings (SSSR count). The number of nitrogens with two attached hydrogens (primary N) is 1. The van der Waals surface area contributed by atoms with E-state index in [1.807, 2.05) is 24.3 Å². The van der Waals surface area contributed by atoms with Crippen molar-refractivity contribution in [3.05, 3.63) is 35.4 Å². The second kappa shape index (κ2) is 5.29. The topological polar surface area (TPSA) is 66.6 Å². The van der Waals surface area contributed by atoms with Crippen LogP contribution < -0.4 is 5.73 Å². The van der Waals surface area contributed by atoms with Crippen LogP contribution in [0.4, 0.5) is 0 Å². The number of carbonyl (C=O) groups is 1. The molecule has 0 spiro atoms. The maximum atomic E-state index is 12.0. The molecular formula is C13H18N2O2. The van der Waals surface area contributed by atoms with Crippen molar-refractivity contribution in [3.8, 4) is 0 Å². The van der Waals surface area contributed by atoms with Crippen LogP contribution in [0.15, 0.2) is 24.3 Å². The van der Waals surface area contributed by atoms with Crippen molar-refractivity contribution in [1.82, 2.24) is 4.90 Å². The number of nitrogens with zero attached hydrogens (tertiary/aromatic N) is 1. The molecule has 1 fully saturated rings. The average molecular weight is 234 g/mol. The van der Waals surface area contributed by atoms with Crippen molar-refractivity contribution >= 4 is 5.91 Å². The quantitative estimate of drug-likeness (QED) is 0.785. The zero-order valence-corrected chi connectivity index (χ0v) is 9.80. The summed E-state index contributed by atoms with van der Waals surface area (Å²) < 4.78 is 0. The molecule has 17 heavy (non-hydrogen) atoms. The first-order valence-electron chi connectivity index (χ1n) is 5.93. The van der Waals surface area contributed by atoms with E-state index < -0.39 is 0 Å². The van der Waals surface area contributed by atoms with Crippen LogP contribution in [0.3, 0.4) is 0 Å². The van der Waals surface area contributed by atoms with Crippen LogP contribution in [0.25, 0.3) is 0 Å². The lowest BCUT2D eigenvalue weighted by molar-refractivity contribution is 0.0362.